The van der Waals surface area contributed by atoms with Crippen LogP contribution in [0.3, 0.4) is 0 Å². The van der Waals surface area contributed by atoms with Crippen LogP contribution in [0.4, 0.5) is 4.79 Å². The smallest absolute Gasteiger partial charge is 0.293 e. The van der Waals surface area contributed by atoms with Crippen LogP contribution in [-0.4, -0.2) is 43.4 Å². The lowest BCUT2D eigenvalue weighted by atomic mass is 10.1. The zero-order valence-corrected chi connectivity index (χ0v) is 18.5. The Balaban J connectivity index is 1.79. The number of imide groups is 1. The van der Waals surface area contributed by atoms with Crippen LogP contribution in [0.25, 0.3) is 6.08 Å². The zero-order chi connectivity index (χ0) is 21.7. The van der Waals surface area contributed by atoms with E-state index >= 15 is 0 Å². The van der Waals surface area contributed by atoms with Crippen molar-refractivity contribution in [3.05, 3.63) is 63.0 Å². The van der Waals surface area contributed by atoms with Crippen molar-refractivity contribution in [1.82, 2.24) is 4.90 Å². The van der Waals surface area contributed by atoms with Gasteiger partial charge in [-0.25, -0.2) is 0 Å². The zero-order valence-electron chi connectivity index (χ0n) is 16.9. The van der Waals surface area contributed by atoms with Crippen LogP contribution < -0.4 is 9.47 Å². The first-order chi connectivity index (χ1) is 14.4. The van der Waals surface area contributed by atoms with E-state index in [2.05, 4.69) is 0 Å². The maximum absolute atomic E-state index is 12.5. The molecule has 0 N–H and O–H groups in total. The molecular weight excluding hydrogens is 426 g/mol. The van der Waals surface area contributed by atoms with Gasteiger partial charge in [-0.15, -0.1) is 0 Å². The first-order valence-corrected chi connectivity index (χ1v) is 10.4. The quantitative estimate of drug-likeness (QED) is 0.535. The first-order valence-electron chi connectivity index (χ1n) is 9.23. The van der Waals surface area contributed by atoms with E-state index in [4.69, 9.17) is 25.8 Å². The van der Waals surface area contributed by atoms with Gasteiger partial charge in [-0.05, 0) is 48.0 Å². The number of thioether (sulfide) groups is 1. The van der Waals surface area contributed by atoms with E-state index < -0.39 is 0 Å². The van der Waals surface area contributed by atoms with Crippen LogP contribution in [0.15, 0.2) is 41.3 Å². The molecule has 0 aliphatic carbocycles. The Hall–Kier alpha value is -2.48. The molecule has 8 heteroatoms. The van der Waals surface area contributed by atoms with Crippen LogP contribution in [0.2, 0.25) is 5.02 Å². The van der Waals surface area contributed by atoms with Gasteiger partial charge in [-0.2, -0.15) is 0 Å². The van der Waals surface area contributed by atoms with Gasteiger partial charge in [0.05, 0.1) is 30.2 Å². The Labute approximate surface area is 184 Å². The molecule has 2 aromatic rings. The normalized spacial score (nSPS) is 15.2. The van der Waals surface area contributed by atoms with Crippen molar-refractivity contribution in [2.75, 3.05) is 27.4 Å². The molecule has 0 radical (unpaired) electrons. The molecule has 6 nitrogen and oxygen atoms in total. The Kier molecular flexibility index (Phi) is 7.42. The molecule has 0 unspecified atom stereocenters. The second-order valence-corrected chi connectivity index (χ2v) is 8.03. The topological polar surface area (TPSA) is 65.1 Å². The fourth-order valence-corrected chi connectivity index (χ4v) is 3.97. The number of carbonyl (C=O) groups excluding carboxylic acids is 2. The number of ether oxygens (including phenoxy) is 3. The summed E-state index contributed by atoms with van der Waals surface area (Å²) in [5.74, 6) is 0.515. The molecule has 1 saturated heterocycles. The van der Waals surface area contributed by atoms with Crippen LogP contribution >= 0.6 is 23.4 Å². The first kappa shape index (κ1) is 22.2. The van der Waals surface area contributed by atoms with Crippen LogP contribution in [-0.2, 0) is 16.1 Å². The molecule has 0 aromatic heterocycles. The summed E-state index contributed by atoms with van der Waals surface area (Å²) < 4.78 is 16.3. The van der Waals surface area contributed by atoms with Gasteiger partial charge in [-0.1, -0.05) is 41.4 Å². The van der Waals surface area contributed by atoms with E-state index in [-0.39, 0.29) is 24.3 Å². The van der Waals surface area contributed by atoms with Gasteiger partial charge in [0.15, 0.2) is 11.5 Å². The molecule has 158 valence electrons. The van der Waals surface area contributed by atoms with Crippen LogP contribution in [0.1, 0.15) is 16.7 Å². The van der Waals surface area contributed by atoms with Crippen molar-refractivity contribution in [3.63, 3.8) is 0 Å². The number of carbonyl (C=O) groups is 2. The maximum atomic E-state index is 12.5. The van der Waals surface area contributed by atoms with Crippen LogP contribution in [0, 0.1) is 6.92 Å². The molecular formula is C22H22ClNO5S. The van der Waals surface area contributed by atoms with Gasteiger partial charge in [0, 0.05) is 7.11 Å². The monoisotopic (exact) mass is 447 g/mol. The number of aryl methyl sites for hydroxylation is 1. The number of methoxy groups -OCH3 is 2. The fraction of sp³-hybridized carbons (Fsp3) is 0.273. The molecule has 2 aromatic carbocycles. The third-order valence-corrected chi connectivity index (χ3v) is 5.63. The second kappa shape index (κ2) is 10.0. The summed E-state index contributed by atoms with van der Waals surface area (Å²) >= 11 is 7.32. The lowest BCUT2D eigenvalue weighted by molar-refractivity contribution is -0.123. The number of amides is 2. The number of hydrogen-bond acceptors (Lipinski definition) is 6. The van der Waals surface area contributed by atoms with E-state index in [1.54, 1.807) is 18.2 Å². The Morgan fingerprint density at radius 1 is 1.13 bits per heavy atom. The van der Waals surface area contributed by atoms with E-state index in [1.807, 2.05) is 31.2 Å². The molecule has 30 heavy (non-hydrogen) atoms. The molecule has 0 atom stereocenters. The summed E-state index contributed by atoms with van der Waals surface area (Å²) in [7, 11) is 3.04. The maximum Gasteiger partial charge on any atom is 0.293 e. The predicted octanol–water partition coefficient (Wildman–Crippen LogP) is 4.92. The number of halogens is 1. The molecule has 1 fully saturated rings. The van der Waals surface area contributed by atoms with Gasteiger partial charge in [-0.3, -0.25) is 14.5 Å². The SMILES string of the molecule is COCCN1C(=O)S/C(=C/c2cc(Cl)c(OCc3ccc(C)cc3)c(OC)c2)C1=O. The van der Waals surface area contributed by atoms with E-state index in [9.17, 15) is 9.59 Å². The summed E-state index contributed by atoms with van der Waals surface area (Å²) in [6.45, 7) is 2.87. The summed E-state index contributed by atoms with van der Waals surface area (Å²) in [6.07, 6.45) is 1.62. The highest BCUT2D eigenvalue weighted by molar-refractivity contribution is 8.18. The van der Waals surface area contributed by atoms with E-state index in [0.29, 0.717) is 33.6 Å². The largest absolute Gasteiger partial charge is 0.493 e. The third-order valence-electron chi connectivity index (χ3n) is 4.45. The van der Waals surface area contributed by atoms with Crippen molar-refractivity contribution < 1.29 is 23.8 Å². The number of nitrogens with zero attached hydrogens (tertiary/aromatic N) is 1. The number of hydrogen-bond donors (Lipinski definition) is 0. The molecule has 2 amide bonds. The highest BCUT2D eigenvalue weighted by Gasteiger charge is 2.34. The predicted molar refractivity (Wildman–Crippen MR) is 118 cm³/mol. The highest BCUT2D eigenvalue weighted by Crippen LogP contribution is 2.39. The second-order valence-electron chi connectivity index (χ2n) is 6.63. The molecule has 3 rings (SSSR count). The van der Waals surface area contributed by atoms with Crippen LogP contribution in [0.5, 0.6) is 11.5 Å². The Morgan fingerprint density at radius 3 is 2.53 bits per heavy atom. The van der Waals surface area contributed by atoms with Crippen molar-refractivity contribution in [1.29, 1.82) is 0 Å². The minimum atomic E-state index is -0.350. The fourth-order valence-electron chi connectivity index (χ4n) is 2.83. The minimum absolute atomic E-state index is 0.217. The summed E-state index contributed by atoms with van der Waals surface area (Å²) in [6, 6.07) is 11.4. The van der Waals surface area contributed by atoms with Gasteiger partial charge in [0.2, 0.25) is 0 Å². The van der Waals surface area contributed by atoms with E-state index in [0.717, 1.165) is 22.2 Å². The summed E-state index contributed by atoms with van der Waals surface area (Å²) in [4.78, 5) is 26.1. The van der Waals surface area contributed by atoms with Crippen molar-refractivity contribution >= 4 is 40.6 Å². The van der Waals surface area contributed by atoms with Gasteiger partial charge in [0.1, 0.15) is 6.61 Å². The third kappa shape index (κ3) is 5.16. The highest BCUT2D eigenvalue weighted by atomic mass is 35.5. The average Bonchev–Trinajstić information content (AvgIpc) is 2.99. The van der Waals surface area contributed by atoms with Crippen molar-refractivity contribution in [3.8, 4) is 11.5 Å². The standard InChI is InChI=1S/C22H22ClNO5S/c1-14-4-6-15(7-5-14)13-29-20-17(23)10-16(11-18(20)28-3)12-19-21(25)24(8-9-27-2)22(26)30-19/h4-7,10-12H,8-9,13H2,1-3H3/b19-12+. The van der Waals surface area contributed by atoms with E-state index in [1.165, 1.54) is 19.8 Å². The molecule has 1 aliphatic heterocycles. The lowest BCUT2D eigenvalue weighted by Crippen LogP contribution is -2.31. The number of rotatable bonds is 8. The van der Waals surface area contributed by atoms with Gasteiger partial charge >= 0.3 is 0 Å². The van der Waals surface area contributed by atoms with Gasteiger partial charge in [0.25, 0.3) is 11.1 Å². The minimum Gasteiger partial charge on any atom is -0.493 e. The molecule has 0 bridgehead atoms. The summed E-state index contributed by atoms with van der Waals surface area (Å²) in [5.41, 5.74) is 2.81. The van der Waals surface area contributed by atoms with Crippen molar-refractivity contribution in [2.45, 2.75) is 13.5 Å². The molecule has 0 saturated carbocycles. The van der Waals surface area contributed by atoms with Crippen molar-refractivity contribution in [2.24, 2.45) is 0 Å². The Morgan fingerprint density at radius 2 is 1.87 bits per heavy atom. The number of benzene rings is 2. The molecule has 1 heterocycles. The molecule has 0 spiro atoms. The molecule has 1 aliphatic rings. The Bertz CT molecular complexity index is 974. The van der Waals surface area contributed by atoms with Gasteiger partial charge < -0.3 is 14.2 Å². The summed E-state index contributed by atoms with van der Waals surface area (Å²) in [5, 5.41) is 0.0331. The average molecular weight is 448 g/mol. The lowest BCUT2D eigenvalue weighted by Gasteiger charge is -2.14.